The molecule has 0 aliphatic heterocycles. The summed E-state index contributed by atoms with van der Waals surface area (Å²) in [5.41, 5.74) is 2.06. The second-order valence-electron chi connectivity index (χ2n) is 2.71. The predicted octanol–water partition coefficient (Wildman–Crippen LogP) is 2.14. The summed E-state index contributed by atoms with van der Waals surface area (Å²) in [7, 11) is 1.88. The smallest absolute Gasteiger partial charge is 0.202 e. The van der Waals surface area contributed by atoms with Crippen molar-refractivity contribution in [1.82, 2.24) is 14.5 Å². The van der Waals surface area contributed by atoms with Gasteiger partial charge in [-0.2, -0.15) is 0 Å². The number of hydrogen-bond acceptors (Lipinski definition) is 2. The molecule has 0 amide bonds. The van der Waals surface area contributed by atoms with Crippen LogP contribution in [0.15, 0.2) is 30.7 Å². The van der Waals surface area contributed by atoms with E-state index in [2.05, 4.69) is 9.97 Å². The number of nitrogens with zero attached hydrogens (tertiary/aromatic N) is 3. The minimum atomic E-state index is 0.492. The third kappa shape index (κ3) is 1.42. The van der Waals surface area contributed by atoms with Gasteiger partial charge in [-0.15, -0.1) is 0 Å². The summed E-state index contributed by atoms with van der Waals surface area (Å²) in [5.74, 6) is 0. The molecule has 4 heteroatoms. The van der Waals surface area contributed by atoms with Gasteiger partial charge in [0.05, 0.1) is 11.9 Å². The highest BCUT2D eigenvalue weighted by Gasteiger charge is 2.04. The zero-order valence-corrected chi connectivity index (χ0v) is 7.86. The molecule has 0 radical (unpaired) electrons. The number of aromatic nitrogens is 3. The summed E-state index contributed by atoms with van der Waals surface area (Å²) >= 11 is 5.82. The molecular weight excluding hydrogens is 186 g/mol. The van der Waals surface area contributed by atoms with Crippen molar-refractivity contribution in [2.75, 3.05) is 0 Å². The molecule has 13 heavy (non-hydrogen) atoms. The third-order valence-corrected chi connectivity index (χ3v) is 2.26. The molecule has 66 valence electrons. The lowest BCUT2D eigenvalue weighted by Gasteiger charge is -2.01. The van der Waals surface area contributed by atoms with Crippen LogP contribution in [0.4, 0.5) is 0 Å². The maximum absolute atomic E-state index is 5.82. The second kappa shape index (κ2) is 3.18. The highest BCUT2D eigenvalue weighted by molar-refractivity contribution is 6.28. The first-order valence-electron chi connectivity index (χ1n) is 3.86. The topological polar surface area (TPSA) is 30.7 Å². The van der Waals surface area contributed by atoms with Crippen molar-refractivity contribution in [1.29, 1.82) is 0 Å². The van der Waals surface area contributed by atoms with Gasteiger partial charge in [0, 0.05) is 25.0 Å². The second-order valence-corrected chi connectivity index (χ2v) is 3.05. The van der Waals surface area contributed by atoms with Gasteiger partial charge in [0.2, 0.25) is 5.28 Å². The molecule has 0 unspecified atom stereocenters. The quantitative estimate of drug-likeness (QED) is 0.695. The van der Waals surface area contributed by atoms with Gasteiger partial charge in [-0.3, -0.25) is 4.98 Å². The Morgan fingerprint density at radius 1 is 1.31 bits per heavy atom. The Labute approximate surface area is 81.0 Å². The van der Waals surface area contributed by atoms with Crippen LogP contribution in [0.1, 0.15) is 0 Å². The van der Waals surface area contributed by atoms with Gasteiger partial charge in [-0.05, 0) is 23.7 Å². The van der Waals surface area contributed by atoms with Crippen molar-refractivity contribution >= 4 is 11.6 Å². The van der Waals surface area contributed by atoms with E-state index in [0.717, 1.165) is 11.3 Å². The fourth-order valence-electron chi connectivity index (χ4n) is 1.18. The van der Waals surface area contributed by atoms with Crippen LogP contribution in [0.3, 0.4) is 0 Å². The fraction of sp³-hybridized carbons (Fsp3) is 0.111. The van der Waals surface area contributed by atoms with Gasteiger partial charge in [0.25, 0.3) is 0 Å². The van der Waals surface area contributed by atoms with Crippen LogP contribution in [-0.2, 0) is 7.05 Å². The zero-order valence-electron chi connectivity index (χ0n) is 7.11. The molecule has 2 aromatic rings. The average molecular weight is 194 g/mol. The Morgan fingerprint density at radius 3 is 2.54 bits per heavy atom. The first-order valence-corrected chi connectivity index (χ1v) is 4.24. The summed E-state index contributed by atoms with van der Waals surface area (Å²) in [6.07, 6.45) is 5.24. The van der Waals surface area contributed by atoms with Crippen molar-refractivity contribution in [3.63, 3.8) is 0 Å². The van der Waals surface area contributed by atoms with Crippen LogP contribution in [0, 0.1) is 0 Å². The van der Waals surface area contributed by atoms with E-state index >= 15 is 0 Å². The predicted molar refractivity (Wildman–Crippen MR) is 51.4 cm³/mol. The summed E-state index contributed by atoms with van der Waals surface area (Å²) < 4.78 is 1.83. The normalized spacial score (nSPS) is 10.3. The largest absolute Gasteiger partial charge is 0.318 e. The molecular formula is C9H8ClN3. The molecule has 0 N–H and O–H groups in total. The lowest BCUT2D eigenvalue weighted by molar-refractivity contribution is 0.922. The van der Waals surface area contributed by atoms with Crippen molar-refractivity contribution in [2.45, 2.75) is 0 Å². The number of halogens is 1. The molecule has 2 heterocycles. The van der Waals surface area contributed by atoms with E-state index in [4.69, 9.17) is 11.6 Å². The van der Waals surface area contributed by atoms with E-state index in [9.17, 15) is 0 Å². The van der Waals surface area contributed by atoms with Crippen molar-refractivity contribution < 1.29 is 0 Å². The molecule has 0 atom stereocenters. The zero-order chi connectivity index (χ0) is 9.26. The van der Waals surface area contributed by atoms with Crippen LogP contribution in [0.2, 0.25) is 5.28 Å². The van der Waals surface area contributed by atoms with E-state index in [1.54, 1.807) is 18.6 Å². The maximum Gasteiger partial charge on any atom is 0.202 e. The van der Waals surface area contributed by atoms with Gasteiger partial charge >= 0.3 is 0 Å². The fourth-order valence-corrected chi connectivity index (χ4v) is 1.32. The molecule has 0 spiro atoms. The van der Waals surface area contributed by atoms with Gasteiger partial charge in [0.15, 0.2) is 0 Å². The van der Waals surface area contributed by atoms with Gasteiger partial charge < -0.3 is 4.57 Å². The lowest BCUT2D eigenvalue weighted by atomic mass is 10.2. The third-order valence-electron chi connectivity index (χ3n) is 1.91. The van der Waals surface area contributed by atoms with Crippen molar-refractivity contribution in [3.05, 3.63) is 36.0 Å². The first kappa shape index (κ1) is 8.26. The van der Waals surface area contributed by atoms with E-state index in [1.807, 2.05) is 23.7 Å². The highest BCUT2D eigenvalue weighted by atomic mass is 35.5. The van der Waals surface area contributed by atoms with Crippen LogP contribution in [0.25, 0.3) is 11.3 Å². The summed E-state index contributed by atoms with van der Waals surface area (Å²) in [6, 6.07) is 3.85. The minimum Gasteiger partial charge on any atom is -0.318 e. The average Bonchev–Trinajstić information content (AvgIpc) is 2.49. The molecule has 0 saturated carbocycles. The summed E-state index contributed by atoms with van der Waals surface area (Å²) in [5, 5.41) is 0.492. The molecule has 0 saturated heterocycles. The van der Waals surface area contributed by atoms with Gasteiger partial charge in [-0.1, -0.05) is 0 Å². The van der Waals surface area contributed by atoms with E-state index in [0.29, 0.717) is 5.28 Å². The van der Waals surface area contributed by atoms with Crippen molar-refractivity contribution in [2.24, 2.45) is 7.05 Å². The van der Waals surface area contributed by atoms with Crippen molar-refractivity contribution in [3.8, 4) is 11.3 Å². The monoisotopic (exact) mass is 193 g/mol. The van der Waals surface area contributed by atoms with Crippen LogP contribution >= 0.6 is 11.6 Å². The Balaban J connectivity index is 2.53. The van der Waals surface area contributed by atoms with E-state index in [1.165, 1.54) is 0 Å². The Kier molecular flexibility index (Phi) is 2.02. The number of imidazole rings is 1. The lowest BCUT2D eigenvalue weighted by Crippen LogP contribution is -1.91. The molecule has 0 aromatic carbocycles. The molecule has 3 nitrogen and oxygen atoms in total. The Morgan fingerprint density at radius 2 is 2.00 bits per heavy atom. The minimum absolute atomic E-state index is 0.492. The number of rotatable bonds is 1. The van der Waals surface area contributed by atoms with Crippen LogP contribution < -0.4 is 0 Å². The van der Waals surface area contributed by atoms with Gasteiger partial charge in [0.1, 0.15) is 0 Å². The highest BCUT2D eigenvalue weighted by Crippen LogP contribution is 2.20. The number of hydrogen-bond donors (Lipinski definition) is 0. The van der Waals surface area contributed by atoms with E-state index < -0.39 is 0 Å². The van der Waals surface area contributed by atoms with Crippen LogP contribution in [0.5, 0.6) is 0 Å². The molecule has 2 aromatic heterocycles. The van der Waals surface area contributed by atoms with E-state index in [-0.39, 0.29) is 0 Å². The molecule has 0 aliphatic rings. The Bertz CT molecular complexity index is 408. The maximum atomic E-state index is 5.82. The summed E-state index contributed by atoms with van der Waals surface area (Å²) in [4.78, 5) is 7.95. The first-order chi connectivity index (χ1) is 6.29. The molecule has 0 fully saturated rings. The molecule has 0 aliphatic carbocycles. The van der Waals surface area contributed by atoms with Gasteiger partial charge in [-0.25, -0.2) is 4.98 Å². The number of pyridine rings is 1. The summed E-state index contributed by atoms with van der Waals surface area (Å²) in [6.45, 7) is 0. The standard InChI is InChI=1S/C9H8ClN3/c1-13-8(6-12-9(13)10)7-2-4-11-5-3-7/h2-6H,1H3. The molecule has 2 rings (SSSR count). The van der Waals surface area contributed by atoms with Crippen LogP contribution in [-0.4, -0.2) is 14.5 Å². The SMILES string of the molecule is Cn1c(-c2ccncc2)cnc1Cl. The Hall–Kier alpha value is -1.35. The molecule has 0 bridgehead atoms.